The summed E-state index contributed by atoms with van der Waals surface area (Å²) in [5.41, 5.74) is 4.06. The largest absolute Gasteiger partial charge is 0.389 e. The monoisotopic (exact) mass is 145 g/mol. The van der Waals surface area contributed by atoms with Gasteiger partial charge in [0.2, 0.25) is 5.91 Å². The maximum absolute atomic E-state index is 10.4. The lowest BCUT2D eigenvalue weighted by Crippen LogP contribution is -2.32. The van der Waals surface area contributed by atoms with Crippen LogP contribution in [0.2, 0.25) is 0 Å². The molecule has 3 nitrogen and oxygen atoms in total. The second kappa shape index (κ2) is 3.56. The summed E-state index contributed by atoms with van der Waals surface area (Å²) in [5.74, 6) is -0.439. The first-order valence-corrected chi connectivity index (χ1v) is 3.54. The maximum Gasteiger partial charge on any atom is 0.220 e. The molecule has 0 bridgehead atoms. The first-order chi connectivity index (χ1) is 4.54. The van der Waals surface area contributed by atoms with Crippen molar-refractivity contribution in [2.45, 2.75) is 38.7 Å². The van der Waals surface area contributed by atoms with Gasteiger partial charge in [-0.3, -0.25) is 4.79 Å². The van der Waals surface area contributed by atoms with Gasteiger partial charge in [-0.15, -0.1) is 0 Å². The smallest absolute Gasteiger partial charge is 0.220 e. The lowest BCUT2D eigenvalue weighted by Gasteiger charge is -2.22. The topological polar surface area (TPSA) is 63.3 Å². The van der Waals surface area contributed by atoms with Gasteiger partial charge >= 0.3 is 0 Å². The predicted molar refractivity (Wildman–Crippen MR) is 39.3 cm³/mol. The molecule has 0 aromatic heterocycles. The fourth-order valence-electron chi connectivity index (χ4n) is 0.824. The van der Waals surface area contributed by atoms with Gasteiger partial charge in [-0.05, 0) is 12.8 Å². The zero-order chi connectivity index (χ0) is 8.20. The third-order valence-electron chi connectivity index (χ3n) is 1.82. The summed E-state index contributed by atoms with van der Waals surface area (Å²) in [5, 5.41) is 9.50. The molecule has 1 amide bonds. The molecule has 0 aromatic rings. The normalized spacial score (nSPS) is 11.5. The minimum absolute atomic E-state index is 0.0694. The van der Waals surface area contributed by atoms with Crippen molar-refractivity contribution < 1.29 is 9.90 Å². The van der Waals surface area contributed by atoms with E-state index >= 15 is 0 Å². The SMILES string of the molecule is CCC(O)(CC)CC(N)=O. The predicted octanol–water partition coefficient (Wildman–Crippen LogP) is 0.413. The van der Waals surface area contributed by atoms with E-state index in [0.29, 0.717) is 12.8 Å². The molecule has 60 valence electrons. The quantitative estimate of drug-likeness (QED) is 0.602. The molecule has 0 aliphatic carbocycles. The number of rotatable bonds is 4. The van der Waals surface area contributed by atoms with Gasteiger partial charge < -0.3 is 10.8 Å². The van der Waals surface area contributed by atoms with Gasteiger partial charge in [0.05, 0.1) is 12.0 Å². The van der Waals surface area contributed by atoms with Crippen molar-refractivity contribution in [2.24, 2.45) is 5.73 Å². The standard InChI is InChI=1S/C7H15NO2/c1-3-7(10,4-2)5-6(8)9/h10H,3-5H2,1-2H3,(H2,8,9). The van der Waals surface area contributed by atoms with E-state index in [2.05, 4.69) is 0 Å². The summed E-state index contributed by atoms with van der Waals surface area (Å²) < 4.78 is 0. The Kier molecular flexibility index (Phi) is 3.36. The van der Waals surface area contributed by atoms with Gasteiger partial charge in [0, 0.05) is 0 Å². The van der Waals surface area contributed by atoms with Crippen LogP contribution in [-0.4, -0.2) is 16.6 Å². The van der Waals surface area contributed by atoms with E-state index in [4.69, 9.17) is 5.73 Å². The van der Waals surface area contributed by atoms with Gasteiger partial charge in [0.15, 0.2) is 0 Å². The lowest BCUT2D eigenvalue weighted by atomic mass is 9.93. The van der Waals surface area contributed by atoms with Gasteiger partial charge in [-0.25, -0.2) is 0 Å². The van der Waals surface area contributed by atoms with Crippen LogP contribution in [-0.2, 0) is 4.79 Å². The van der Waals surface area contributed by atoms with Crippen molar-refractivity contribution in [1.29, 1.82) is 0 Å². The average Bonchev–Trinajstić information content (AvgIpc) is 1.87. The number of amides is 1. The van der Waals surface area contributed by atoms with E-state index in [1.54, 1.807) is 0 Å². The lowest BCUT2D eigenvalue weighted by molar-refractivity contribution is -0.123. The van der Waals surface area contributed by atoms with Crippen LogP contribution < -0.4 is 5.73 Å². The highest BCUT2D eigenvalue weighted by molar-refractivity contribution is 5.74. The molecule has 0 fully saturated rings. The Morgan fingerprint density at radius 1 is 1.50 bits per heavy atom. The summed E-state index contributed by atoms with van der Waals surface area (Å²) in [6.45, 7) is 3.68. The highest BCUT2D eigenvalue weighted by Crippen LogP contribution is 2.17. The number of carbonyl (C=O) groups is 1. The molecule has 0 atom stereocenters. The molecule has 3 heteroatoms. The first-order valence-electron chi connectivity index (χ1n) is 3.54. The van der Waals surface area contributed by atoms with Crippen molar-refractivity contribution >= 4 is 5.91 Å². The summed E-state index contributed by atoms with van der Waals surface area (Å²) in [6, 6.07) is 0. The Morgan fingerprint density at radius 3 is 2.00 bits per heavy atom. The number of carbonyl (C=O) groups excluding carboxylic acids is 1. The zero-order valence-corrected chi connectivity index (χ0v) is 6.55. The summed E-state index contributed by atoms with van der Waals surface area (Å²) >= 11 is 0. The van der Waals surface area contributed by atoms with Crippen LogP contribution >= 0.6 is 0 Å². The number of hydrogen-bond donors (Lipinski definition) is 2. The minimum Gasteiger partial charge on any atom is -0.389 e. The second-order valence-electron chi connectivity index (χ2n) is 2.57. The molecule has 10 heavy (non-hydrogen) atoms. The summed E-state index contributed by atoms with van der Waals surface area (Å²) in [7, 11) is 0. The van der Waals surface area contributed by atoms with Crippen LogP contribution in [0.4, 0.5) is 0 Å². The van der Waals surface area contributed by atoms with Gasteiger partial charge in [-0.1, -0.05) is 13.8 Å². The molecule has 3 N–H and O–H groups in total. The van der Waals surface area contributed by atoms with Gasteiger partial charge in [0.1, 0.15) is 0 Å². The summed E-state index contributed by atoms with van der Waals surface area (Å²) in [6.07, 6.45) is 1.22. The summed E-state index contributed by atoms with van der Waals surface area (Å²) in [4.78, 5) is 10.4. The minimum atomic E-state index is -0.869. The average molecular weight is 145 g/mol. The fourth-order valence-corrected chi connectivity index (χ4v) is 0.824. The molecule has 0 aromatic carbocycles. The Balaban J connectivity index is 3.92. The number of hydrogen-bond acceptors (Lipinski definition) is 2. The van der Waals surface area contributed by atoms with E-state index in [9.17, 15) is 9.90 Å². The Labute approximate surface area is 61.2 Å². The Morgan fingerprint density at radius 2 is 1.90 bits per heavy atom. The van der Waals surface area contributed by atoms with Crippen molar-refractivity contribution in [3.05, 3.63) is 0 Å². The zero-order valence-electron chi connectivity index (χ0n) is 6.55. The molecule has 0 saturated carbocycles. The van der Waals surface area contributed by atoms with Crippen molar-refractivity contribution in [1.82, 2.24) is 0 Å². The van der Waals surface area contributed by atoms with Crippen LogP contribution in [0.3, 0.4) is 0 Å². The third kappa shape index (κ3) is 2.82. The molecule has 0 saturated heterocycles. The van der Waals surface area contributed by atoms with Crippen molar-refractivity contribution in [3.63, 3.8) is 0 Å². The first kappa shape index (κ1) is 9.43. The Hall–Kier alpha value is -0.570. The fraction of sp³-hybridized carbons (Fsp3) is 0.857. The van der Waals surface area contributed by atoms with Crippen molar-refractivity contribution in [3.8, 4) is 0 Å². The number of primary amides is 1. The van der Waals surface area contributed by atoms with E-state index in [0.717, 1.165) is 0 Å². The number of aliphatic hydroxyl groups is 1. The molecule has 0 heterocycles. The molecular weight excluding hydrogens is 130 g/mol. The second-order valence-corrected chi connectivity index (χ2v) is 2.57. The Bertz CT molecular complexity index is 119. The molecule has 0 spiro atoms. The van der Waals surface area contributed by atoms with E-state index in [1.807, 2.05) is 13.8 Å². The molecule has 0 rings (SSSR count). The molecule has 0 aliphatic rings. The van der Waals surface area contributed by atoms with Gasteiger partial charge in [-0.2, -0.15) is 0 Å². The van der Waals surface area contributed by atoms with Crippen molar-refractivity contribution in [2.75, 3.05) is 0 Å². The molecular formula is C7H15NO2. The van der Waals surface area contributed by atoms with Crippen LogP contribution in [0.1, 0.15) is 33.1 Å². The van der Waals surface area contributed by atoms with Crippen LogP contribution in [0, 0.1) is 0 Å². The maximum atomic E-state index is 10.4. The van der Waals surface area contributed by atoms with E-state index in [1.165, 1.54) is 0 Å². The highest BCUT2D eigenvalue weighted by Gasteiger charge is 2.24. The highest BCUT2D eigenvalue weighted by atomic mass is 16.3. The van der Waals surface area contributed by atoms with E-state index < -0.39 is 11.5 Å². The van der Waals surface area contributed by atoms with Crippen LogP contribution in [0.5, 0.6) is 0 Å². The van der Waals surface area contributed by atoms with Crippen LogP contribution in [0.15, 0.2) is 0 Å². The van der Waals surface area contributed by atoms with E-state index in [-0.39, 0.29) is 6.42 Å². The molecule has 0 unspecified atom stereocenters. The third-order valence-corrected chi connectivity index (χ3v) is 1.82. The van der Waals surface area contributed by atoms with Gasteiger partial charge in [0.25, 0.3) is 0 Å². The molecule has 0 radical (unpaired) electrons. The molecule has 0 aliphatic heterocycles. The van der Waals surface area contributed by atoms with Crippen LogP contribution in [0.25, 0.3) is 0 Å². The number of nitrogens with two attached hydrogens (primary N) is 1.